The number of nitrogens with one attached hydrogen (secondary N) is 1. The third kappa shape index (κ3) is 3.11. The minimum absolute atomic E-state index is 0.295. The molecular weight excluding hydrogens is 232 g/mol. The zero-order valence-electron chi connectivity index (χ0n) is 10.2. The summed E-state index contributed by atoms with van der Waals surface area (Å²) in [6.07, 6.45) is 2.06. The Morgan fingerprint density at radius 3 is 2.76 bits per heavy atom. The molecule has 0 spiro atoms. The molecule has 0 radical (unpaired) electrons. The van der Waals surface area contributed by atoms with Gasteiger partial charge < -0.3 is 9.88 Å². The first-order chi connectivity index (χ1) is 8.16. The van der Waals surface area contributed by atoms with Crippen LogP contribution in [0.4, 0.5) is 0 Å². The number of halogens is 1. The van der Waals surface area contributed by atoms with Gasteiger partial charge in [0.1, 0.15) is 0 Å². The number of benzene rings is 1. The molecule has 0 unspecified atom stereocenters. The highest BCUT2D eigenvalue weighted by atomic mass is 35.5. The maximum Gasteiger partial charge on any atom is 0.0409 e. The van der Waals surface area contributed by atoms with E-state index in [1.807, 2.05) is 18.2 Å². The molecule has 0 aliphatic carbocycles. The summed E-state index contributed by atoms with van der Waals surface area (Å²) in [7, 11) is 2.06. The highest BCUT2D eigenvalue weighted by Crippen LogP contribution is 2.17. The minimum atomic E-state index is 0.295. The van der Waals surface area contributed by atoms with Gasteiger partial charge in [-0.05, 0) is 36.8 Å². The van der Waals surface area contributed by atoms with Gasteiger partial charge in [-0.25, -0.2) is 0 Å². The van der Waals surface area contributed by atoms with E-state index in [9.17, 15) is 0 Å². The Bertz CT molecular complexity index is 490. The molecule has 1 atom stereocenters. The molecular formula is C14H17ClN2. The van der Waals surface area contributed by atoms with E-state index in [0.29, 0.717) is 6.04 Å². The molecule has 1 aromatic heterocycles. The first kappa shape index (κ1) is 12.2. The molecule has 0 bridgehead atoms. The Morgan fingerprint density at radius 2 is 2.12 bits per heavy atom. The lowest BCUT2D eigenvalue weighted by Gasteiger charge is -2.15. The van der Waals surface area contributed by atoms with Gasteiger partial charge in [0.15, 0.2) is 0 Å². The Morgan fingerprint density at radius 1 is 1.29 bits per heavy atom. The Hall–Kier alpha value is -1.25. The average Bonchev–Trinajstić information content (AvgIpc) is 2.72. The molecule has 0 aliphatic heterocycles. The summed E-state index contributed by atoms with van der Waals surface area (Å²) in [6, 6.07) is 12.5. The Labute approximate surface area is 107 Å². The van der Waals surface area contributed by atoms with Gasteiger partial charge >= 0.3 is 0 Å². The summed E-state index contributed by atoms with van der Waals surface area (Å²) in [5, 5.41) is 4.28. The van der Waals surface area contributed by atoms with E-state index >= 15 is 0 Å². The van der Waals surface area contributed by atoms with Crippen molar-refractivity contribution in [2.75, 3.05) is 0 Å². The molecule has 2 rings (SSSR count). The summed E-state index contributed by atoms with van der Waals surface area (Å²) in [5.41, 5.74) is 2.49. The van der Waals surface area contributed by atoms with E-state index in [-0.39, 0.29) is 0 Å². The number of hydrogen-bond donors (Lipinski definition) is 1. The number of rotatable bonds is 4. The SMILES string of the molecule is C[C@H](NCc1cccn1C)c1cccc(Cl)c1. The van der Waals surface area contributed by atoms with Crippen molar-refractivity contribution in [3.05, 3.63) is 58.9 Å². The van der Waals surface area contributed by atoms with Gasteiger partial charge in [-0.2, -0.15) is 0 Å². The molecule has 2 nitrogen and oxygen atoms in total. The molecule has 0 fully saturated rings. The summed E-state index contributed by atoms with van der Waals surface area (Å²) < 4.78 is 2.12. The summed E-state index contributed by atoms with van der Waals surface area (Å²) in [4.78, 5) is 0. The van der Waals surface area contributed by atoms with Crippen molar-refractivity contribution in [2.24, 2.45) is 7.05 Å². The molecule has 1 aromatic carbocycles. The summed E-state index contributed by atoms with van der Waals surface area (Å²) in [5.74, 6) is 0. The maximum atomic E-state index is 5.98. The van der Waals surface area contributed by atoms with Crippen molar-refractivity contribution >= 4 is 11.6 Å². The van der Waals surface area contributed by atoms with Crippen molar-refractivity contribution in [3.8, 4) is 0 Å². The van der Waals surface area contributed by atoms with Crippen LogP contribution in [-0.4, -0.2) is 4.57 Å². The molecule has 17 heavy (non-hydrogen) atoms. The molecule has 2 aromatic rings. The number of hydrogen-bond acceptors (Lipinski definition) is 1. The number of aryl methyl sites for hydroxylation is 1. The predicted octanol–water partition coefficient (Wildman–Crippen LogP) is 3.53. The van der Waals surface area contributed by atoms with Crippen LogP contribution in [0.2, 0.25) is 5.02 Å². The largest absolute Gasteiger partial charge is 0.353 e. The monoisotopic (exact) mass is 248 g/mol. The molecule has 0 amide bonds. The fraction of sp³-hybridized carbons (Fsp3) is 0.286. The zero-order valence-corrected chi connectivity index (χ0v) is 10.9. The van der Waals surface area contributed by atoms with E-state index in [1.54, 1.807) is 0 Å². The average molecular weight is 249 g/mol. The van der Waals surface area contributed by atoms with Crippen LogP contribution in [0, 0.1) is 0 Å². The van der Waals surface area contributed by atoms with Gasteiger partial charge in [0.25, 0.3) is 0 Å². The van der Waals surface area contributed by atoms with Crippen LogP contribution in [0.1, 0.15) is 24.2 Å². The highest BCUT2D eigenvalue weighted by molar-refractivity contribution is 6.30. The van der Waals surface area contributed by atoms with Crippen molar-refractivity contribution in [2.45, 2.75) is 19.5 Å². The van der Waals surface area contributed by atoms with Crippen LogP contribution in [0.15, 0.2) is 42.6 Å². The van der Waals surface area contributed by atoms with E-state index in [2.05, 4.69) is 48.3 Å². The van der Waals surface area contributed by atoms with E-state index in [1.165, 1.54) is 11.3 Å². The third-order valence-electron chi connectivity index (χ3n) is 2.99. The van der Waals surface area contributed by atoms with Crippen molar-refractivity contribution in [1.82, 2.24) is 9.88 Å². The summed E-state index contributed by atoms with van der Waals surface area (Å²) in [6.45, 7) is 3.01. The standard InChI is InChI=1S/C14H17ClN2/c1-11(12-5-3-6-13(15)9-12)16-10-14-7-4-8-17(14)2/h3-9,11,16H,10H2,1-2H3/t11-/m0/s1. The zero-order chi connectivity index (χ0) is 12.3. The van der Waals surface area contributed by atoms with Crippen molar-refractivity contribution in [1.29, 1.82) is 0 Å². The molecule has 0 saturated heterocycles. The van der Waals surface area contributed by atoms with Crippen LogP contribution >= 0.6 is 11.6 Å². The van der Waals surface area contributed by atoms with Crippen molar-refractivity contribution in [3.63, 3.8) is 0 Å². The predicted molar refractivity (Wildman–Crippen MR) is 72.1 cm³/mol. The van der Waals surface area contributed by atoms with Gasteiger partial charge in [-0.1, -0.05) is 23.7 Å². The van der Waals surface area contributed by atoms with Gasteiger partial charge in [0, 0.05) is 36.5 Å². The van der Waals surface area contributed by atoms with Crippen LogP contribution in [0.3, 0.4) is 0 Å². The van der Waals surface area contributed by atoms with E-state index < -0.39 is 0 Å². The van der Waals surface area contributed by atoms with Gasteiger partial charge in [-0.3, -0.25) is 0 Å². The van der Waals surface area contributed by atoms with Crippen molar-refractivity contribution < 1.29 is 0 Å². The number of aromatic nitrogens is 1. The van der Waals surface area contributed by atoms with E-state index in [0.717, 1.165) is 11.6 Å². The van der Waals surface area contributed by atoms with Crippen LogP contribution in [-0.2, 0) is 13.6 Å². The lowest BCUT2D eigenvalue weighted by atomic mass is 10.1. The van der Waals surface area contributed by atoms with Gasteiger partial charge in [-0.15, -0.1) is 0 Å². The first-order valence-corrected chi connectivity index (χ1v) is 6.13. The number of nitrogens with zero attached hydrogens (tertiary/aromatic N) is 1. The maximum absolute atomic E-state index is 5.98. The summed E-state index contributed by atoms with van der Waals surface area (Å²) >= 11 is 5.98. The van der Waals surface area contributed by atoms with Gasteiger partial charge in [0.05, 0.1) is 0 Å². The Kier molecular flexibility index (Phi) is 3.87. The van der Waals surface area contributed by atoms with E-state index in [4.69, 9.17) is 11.6 Å². The quantitative estimate of drug-likeness (QED) is 0.876. The molecule has 0 aliphatic rings. The van der Waals surface area contributed by atoms with Crippen LogP contribution in [0.5, 0.6) is 0 Å². The second-order valence-corrected chi connectivity index (χ2v) is 4.70. The molecule has 1 N–H and O–H groups in total. The topological polar surface area (TPSA) is 17.0 Å². The normalized spacial score (nSPS) is 12.6. The van der Waals surface area contributed by atoms with Crippen LogP contribution < -0.4 is 5.32 Å². The highest BCUT2D eigenvalue weighted by Gasteiger charge is 2.06. The fourth-order valence-electron chi connectivity index (χ4n) is 1.83. The molecule has 1 heterocycles. The van der Waals surface area contributed by atoms with Crippen LogP contribution in [0.25, 0.3) is 0 Å². The smallest absolute Gasteiger partial charge is 0.0409 e. The second-order valence-electron chi connectivity index (χ2n) is 4.27. The van der Waals surface area contributed by atoms with Gasteiger partial charge in [0.2, 0.25) is 0 Å². The third-order valence-corrected chi connectivity index (χ3v) is 3.22. The Balaban J connectivity index is 1.98. The lowest BCUT2D eigenvalue weighted by molar-refractivity contribution is 0.558. The lowest BCUT2D eigenvalue weighted by Crippen LogP contribution is -2.19. The molecule has 3 heteroatoms. The fourth-order valence-corrected chi connectivity index (χ4v) is 2.03. The molecule has 90 valence electrons. The first-order valence-electron chi connectivity index (χ1n) is 5.76. The second kappa shape index (κ2) is 5.39. The molecule has 0 saturated carbocycles. The minimum Gasteiger partial charge on any atom is -0.353 e.